The molecular formula is C24H26N2O2S. The van der Waals surface area contributed by atoms with Crippen LogP contribution in [0.15, 0.2) is 47.8 Å². The highest BCUT2D eigenvalue weighted by Gasteiger charge is 2.12. The number of aromatic nitrogens is 1. The molecule has 1 aliphatic rings. The zero-order valence-electron chi connectivity index (χ0n) is 16.7. The van der Waals surface area contributed by atoms with Crippen LogP contribution in [-0.4, -0.2) is 17.5 Å². The summed E-state index contributed by atoms with van der Waals surface area (Å²) in [4.78, 5) is 16.8. The normalized spacial score (nSPS) is 13.0. The van der Waals surface area contributed by atoms with Crippen molar-refractivity contribution in [1.29, 1.82) is 0 Å². The first kappa shape index (κ1) is 19.6. The average Bonchev–Trinajstić information content (AvgIpc) is 3.19. The number of thiazole rings is 1. The van der Waals surface area contributed by atoms with E-state index >= 15 is 0 Å². The summed E-state index contributed by atoms with van der Waals surface area (Å²) in [5.41, 5.74) is 6.15. The lowest BCUT2D eigenvalue weighted by Gasteiger charge is -2.16. The minimum absolute atomic E-state index is 0.0239. The van der Waals surface area contributed by atoms with Crippen molar-refractivity contribution in [2.75, 3.05) is 11.9 Å². The molecule has 29 heavy (non-hydrogen) atoms. The molecule has 0 saturated carbocycles. The molecule has 0 bridgehead atoms. The number of rotatable bonds is 7. The van der Waals surface area contributed by atoms with Gasteiger partial charge in [-0.1, -0.05) is 24.3 Å². The van der Waals surface area contributed by atoms with Gasteiger partial charge >= 0.3 is 0 Å². The number of nitrogens with one attached hydrogen (secondary N) is 1. The molecule has 0 radical (unpaired) electrons. The van der Waals surface area contributed by atoms with Gasteiger partial charge in [0.25, 0.3) is 0 Å². The van der Waals surface area contributed by atoms with E-state index in [1.807, 2.05) is 36.6 Å². The number of hydrogen-bond donors (Lipinski definition) is 1. The second-order valence-corrected chi connectivity index (χ2v) is 8.40. The van der Waals surface area contributed by atoms with E-state index in [1.54, 1.807) is 0 Å². The molecule has 0 unspecified atom stereocenters. The van der Waals surface area contributed by atoms with Crippen molar-refractivity contribution in [2.24, 2.45) is 0 Å². The largest absolute Gasteiger partial charge is 0.494 e. The first-order chi connectivity index (χ1) is 14.2. The van der Waals surface area contributed by atoms with Gasteiger partial charge in [0, 0.05) is 17.4 Å². The number of carbonyl (C=O) groups is 1. The molecule has 0 atom stereocenters. The van der Waals surface area contributed by atoms with Gasteiger partial charge in [0.2, 0.25) is 5.91 Å². The molecule has 3 aromatic rings. The average molecular weight is 407 g/mol. The van der Waals surface area contributed by atoms with E-state index in [0.29, 0.717) is 24.6 Å². The lowest BCUT2D eigenvalue weighted by Crippen LogP contribution is -2.12. The zero-order chi connectivity index (χ0) is 20.1. The number of carbonyl (C=O) groups excluding carboxylic acids is 1. The van der Waals surface area contributed by atoms with Gasteiger partial charge in [-0.3, -0.25) is 4.79 Å². The van der Waals surface area contributed by atoms with Crippen molar-refractivity contribution in [2.45, 2.75) is 45.4 Å². The second kappa shape index (κ2) is 9.23. The van der Waals surface area contributed by atoms with E-state index in [0.717, 1.165) is 23.4 Å². The van der Waals surface area contributed by atoms with Crippen LogP contribution in [0, 0.1) is 6.92 Å². The Bertz CT molecular complexity index is 996. The molecule has 2 aromatic carbocycles. The molecule has 0 fully saturated rings. The van der Waals surface area contributed by atoms with Gasteiger partial charge in [0.05, 0.1) is 12.3 Å². The molecule has 1 amide bonds. The predicted molar refractivity (Wildman–Crippen MR) is 119 cm³/mol. The lowest BCUT2D eigenvalue weighted by molar-refractivity contribution is -0.116. The van der Waals surface area contributed by atoms with Crippen LogP contribution in [0.4, 0.5) is 5.13 Å². The third kappa shape index (κ3) is 5.24. The van der Waals surface area contributed by atoms with Gasteiger partial charge in [0.1, 0.15) is 5.75 Å². The fraction of sp³-hybridized carbons (Fsp3) is 0.333. The number of aryl methyl sites for hydroxylation is 3. The maximum absolute atomic E-state index is 12.2. The van der Waals surface area contributed by atoms with Gasteiger partial charge in [-0.25, -0.2) is 4.98 Å². The Morgan fingerprint density at radius 3 is 2.86 bits per heavy atom. The first-order valence-corrected chi connectivity index (χ1v) is 11.1. The fourth-order valence-electron chi connectivity index (χ4n) is 3.67. The van der Waals surface area contributed by atoms with Crippen LogP contribution >= 0.6 is 11.3 Å². The fourth-order valence-corrected chi connectivity index (χ4v) is 4.40. The molecule has 1 heterocycles. The van der Waals surface area contributed by atoms with Crippen LogP contribution in [-0.2, 0) is 17.6 Å². The first-order valence-electron chi connectivity index (χ1n) is 10.2. The molecule has 1 N–H and O–H groups in total. The van der Waals surface area contributed by atoms with Crippen LogP contribution in [0.5, 0.6) is 5.75 Å². The Labute approximate surface area is 176 Å². The number of nitrogens with zero attached hydrogens (tertiary/aromatic N) is 1. The van der Waals surface area contributed by atoms with E-state index in [4.69, 9.17) is 4.74 Å². The molecule has 1 aromatic heterocycles. The number of anilines is 1. The van der Waals surface area contributed by atoms with Gasteiger partial charge in [0.15, 0.2) is 5.13 Å². The molecular weight excluding hydrogens is 380 g/mol. The molecule has 4 rings (SSSR count). The monoisotopic (exact) mass is 406 g/mol. The quantitative estimate of drug-likeness (QED) is 0.505. The Morgan fingerprint density at radius 2 is 2.00 bits per heavy atom. The van der Waals surface area contributed by atoms with Crippen LogP contribution in [0.3, 0.4) is 0 Å². The smallest absolute Gasteiger partial charge is 0.226 e. The summed E-state index contributed by atoms with van der Waals surface area (Å²) >= 11 is 1.47. The molecule has 5 heteroatoms. The van der Waals surface area contributed by atoms with Gasteiger partial charge in [-0.2, -0.15) is 0 Å². The summed E-state index contributed by atoms with van der Waals surface area (Å²) in [6, 6.07) is 14.6. The van der Waals surface area contributed by atoms with E-state index in [2.05, 4.69) is 28.5 Å². The Morgan fingerprint density at radius 1 is 1.14 bits per heavy atom. The third-order valence-electron chi connectivity index (χ3n) is 5.20. The summed E-state index contributed by atoms with van der Waals surface area (Å²) in [5, 5.41) is 5.58. The molecule has 1 aliphatic carbocycles. The minimum Gasteiger partial charge on any atom is -0.494 e. The summed E-state index contributed by atoms with van der Waals surface area (Å²) in [6.45, 7) is 2.56. The highest BCUT2D eigenvalue weighted by atomic mass is 32.1. The predicted octanol–water partition coefficient (Wildman–Crippen LogP) is 5.80. The number of hydrogen-bond acceptors (Lipinski definition) is 4. The Balaban J connectivity index is 1.27. The molecule has 0 saturated heterocycles. The number of benzene rings is 2. The maximum atomic E-state index is 12.2. The van der Waals surface area contributed by atoms with Crippen molar-refractivity contribution in [1.82, 2.24) is 4.98 Å². The van der Waals surface area contributed by atoms with Crippen molar-refractivity contribution in [3.05, 3.63) is 64.5 Å². The standard InChI is InChI=1S/C24H26N2O2S/c1-17-6-4-9-21(14-17)28-13-5-10-23(27)26-24-25-22(16-29-24)20-12-11-18-7-2-3-8-19(18)15-20/h4,6,9,11-12,14-16H,2-3,5,7-8,10,13H2,1H3,(H,25,26,27). The molecule has 150 valence electrons. The van der Waals surface area contributed by atoms with Crippen molar-refractivity contribution >= 4 is 22.4 Å². The maximum Gasteiger partial charge on any atom is 0.226 e. The minimum atomic E-state index is -0.0239. The van der Waals surface area contributed by atoms with Gasteiger partial charge < -0.3 is 10.1 Å². The van der Waals surface area contributed by atoms with Crippen molar-refractivity contribution in [3.63, 3.8) is 0 Å². The molecule has 0 spiro atoms. The third-order valence-corrected chi connectivity index (χ3v) is 5.96. The zero-order valence-corrected chi connectivity index (χ0v) is 17.6. The van der Waals surface area contributed by atoms with Crippen molar-refractivity contribution in [3.8, 4) is 17.0 Å². The topological polar surface area (TPSA) is 51.2 Å². The number of amides is 1. The summed E-state index contributed by atoms with van der Waals surface area (Å²) in [5.74, 6) is 0.823. The van der Waals surface area contributed by atoms with E-state index in [9.17, 15) is 4.79 Å². The van der Waals surface area contributed by atoms with E-state index in [-0.39, 0.29) is 5.91 Å². The molecule has 0 aliphatic heterocycles. The van der Waals surface area contributed by atoms with Crippen LogP contribution in [0.1, 0.15) is 42.4 Å². The highest BCUT2D eigenvalue weighted by molar-refractivity contribution is 7.14. The van der Waals surface area contributed by atoms with Crippen molar-refractivity contribution < 1.29 is 9.53 Å². The Hall–Kier alpha value is -2.66. The van der Waals surface area contributed by atoms with E-state index < -0.39 is 0 Å². The summed E-state index contributed by atoms with van der Waals surface area (Å²) in [6.07, 6.45) is 5.98. The second-order valence-electron chi connectivity index (χ2n) is 7.55. The number of fused-ring (bicyclic) bond motifs is 1. The SMILES string of the molecule is Cc1cccc(OCCCC(=O)Nc2nc(-c3ccc4c(c3)CCCC4)cs2)c1. The van der Waals surface area contributed by atoms with E-state index in [1.165, 1.54) is 47.3 Å². The van der Waals surface area contributed by atoms with Crippen LogP contribution in [0.2, 0.25) is 0 Å². The Kier molecular flexibility index (Phi) is 6.25. The molecule has 4 nitrogen and oxygen atoms in total. The van der Waals surface area contributed by atoms with Gasteiger partial charge in [-0.05, 0) is 73.9 Å². The summed E-state index contributed by atoms with van der Waals surface area (Å²) in [7, 11) is 0. The highest BCUT2D eigenvalue weighted by Crippen LogP contribution is 2.29. The lowest BCUT2D eigenvalue weighted by atomic mass is 9.90. The summed E-state index contributed by atoms with van der Waals surface area (Å²) < 4.78 is 5.70. The van der Waals surface area contributed by atoms with Crippen LogP contribution in [0.25, 0.3) is 11.3 Å². The number of ether oxygens (including phenoxy) is 1. The van der Waals surface area contributed by atoms with Gasteiger partial charge in [-0.15, -0.1) is 11.3 Å². The van der Waals surface area contributed by atoms with Crippen LogP contribution < -0.4 is 10.1 Å².